The van der Waals surface area contributed by atoms with E-state index in [-0.39, 0.29) is 13.0 Å². The number of esters is 1. The molecule has 1 rings (SSSR count). The van der Waals surface area contributed by atoms with Gasteiger partial charge in [0.25, 0.3) is 10.1 Å². The van der Waals surface area contributed by atoms with Crippen molar-refractivity contribution in [2.24, 2.45) is 0 Å². The number of aliphatic hydroxyl groups is 4. The molecule has 1 unspecified atom stereocenters. The maximum atomic E-state index is 11.6. The smallest absolute Gasteiger partial charge is 0.305 e. The van der Waals surface area contributed by atoms with Crippen molar-refractivity contribution in [3.8, 4) is 0 Å². The van der Waals surface area contributed by atoms with E-state index in [1.54, 1.807) is 0 Å². The lowest BCUT2D eigenvalue weighted by molar-refractivity contribution is -0.307. The zero-order valence-electron chi connectivity index (χ0n) is 15.0. The maximum Gasteiger partial charge on any atom is 0.305 e. The zero-order valence-corrected chi connectivity index (χ0v) is 15.8. The summed E-state index contributed by atoms with van der Waals surface area (Å²) in [6.07, 6.45) is -7.00. The van der Waals surface area contributed by atoms with Crippen LogP contribution >= 0.6 is 0 Å². The number of aliphatic hydroxyl groups excluding tert-OH is 4. The molecule has 160 valence electrons. The minimum atomic E-state index is -4.54. The lowest BCUT2D eigenvalue weighted by atomic mass is 10.00. The van der Waals surface area contributed by atoms with Crippen molar-refractivity contribution < 1.29 is 52.4 Å². The van der Waals surface area contributed by atoms with Crippen molar-refractivity contribution in [3.05, 3.63) is 0 Å². The van der Waals surface area contributed by atoms with E-state index in [4.69, 9.17) is 18.8 Å². The molecular formula is C15H28O11S. The second-order valence-electron chi connectivity index (χ2n) is 6.34. The highest BCUT2D eigenvalue weighted by Crippen LogP contribution is 2.24. The third kappa shape index (κ3) is 8.35. The molecule has 6 atom stereocenters. The van der Waals surface area contributed by atoms with Gasteiger partial charge in [-0.15, -0.1) is 0 Å². The van der Waals surface area contributed by atoms with Gasteiger partial charge in [-0.05, 0) is 6.42 Å². The molecule has 5 N–H and O–H groups in total. The van der Waals surface area contributed by atoms with Gasteiger partial charge < -0.3 is 34.6 Å². The SMILES string of the molecule is CCCCCC(=O)OCC(CO)O[C@@H]1O[C@H](CS(=O)(=O)O)[C@@H](O)[C@H](O)[C@H]1O. The van der Waals surface area contributed by atoms with Gasteiger partial charge in [-0.3, -0.25) is 9.35 Å². The first-order valence-corrected chi connectivity index (χ1v) is 10.3. The number of carbonyl (C=O) groups excluding carboxylic acids is 1. The molecule has 0 radical (unpaired) electrons. The van der Waals surface area contributed by atoms with E-state index >= 15 is 0 Å². The third-order valence-corrected chi connectivity index (χ3v) is 4.74. The predicted molar refractivity (Wildman–Crippen MR) is 90.2 cm³/mol. The van der Waals surface area contributed by atoms with Crippen LogP contribution in [0.3, 0.4) is 0 Å². The van der Waals surface area contributed by atoms with Gasteiger partial charge in [0.15, 0.2) is 6.29 Å². The van der Waals surface area contributed by atoms with Crippen molar-refractivity contribution in [3.63, 3.8) is 0 Å². The molecule has 1 fully saturated rings. The van der Waals surface area contributed by atoms with E-state index in [0.717, 1.165) is 12.8 Å². The summed E-state index contributed by atoms with van der Waals surface area (Å²) in [4.78, 5) is 11.6. The second kappa shape index (κ2) is 11.2. The van der Waals surface area contributed by atoms with Crippen LogP contribution in [-0.2, 0) is 29.1 Å². The molecule has 1 saturated heterocycles. The van der Waals surface area contributed by atoms with Crippen LogP contribution in [0.5, 0.6) is 0 Å². The van der Waals surface area contributed by atoms with Crippen LogP contribution in [0.1, 0.15) is 32.6 Å². The van der Waals surface area contributed by atoms with Gasteiger partial charge >= 0.3 is 5.97 Å². The van der Waals surface area contributed by atoms with E-state index in [9.17, 15) is 33.6 Å². The van der Waals surface area contributed by atoms with Gasteiger partial charge in [0.2, 0.25) is 0 Å². The highest BCUT2D eigenvalue weighted by molar-refractivity contribution is 7.85. The Bertz CT molecular complexity index is 552. The average molecular weight is 416 g/mol. The fourth-order valence-electron chi connectivity index (χ4n) is 2.48. The van der Waals surface area contributed by atoms with Gasteiger partial charge in [-0.2, -0.15) is 8.42 Å². The summed E-state index contributed by atoms with van der Waals surface area (Å²) in [6.45, 7) is 1.02. The molecule has 0 aromatic rings. The van der Waals surface area contributed by atoms with Crippen molar-refractivity contribution in [2.75, 3.05) is 19.0 Å². The van der Waals surface area contributed by atoms with Crippen molar-refractivity contribution in [2.45, 2.75) is 69.4 Å². The van der Waals surface area contributed by atoms with Gasteiger partial charge in [0.1, 0.15) is 42.9 Å². The Morgan fingerprint density at radius 1 is 1.15 bits per heavy atom. The van der Waals surface area contributed by atoms with Gasteiger partial charge in [-0.1, -0.05) is 19.8 Å². The van der Waals surface area contributed by atoms with Crippen LogP contribution in [-0.4, -0.2) is 95.1 Å². The van der Waals surface area contributed by atoms with Crippen LogP contribution in [0, 0.1) is 0 Å². The molecule has 12 heteroatoms. The quantitative estimate of drug-likeness (QED) is 0.145. The van der Waals surface area contributed by atoms with E-state index in [1.807, 2.05) is 6.92 Å². The maximum absolute atomic E-state index is 11.6. The first-order valence-electron chi connectivity index (χ1n) is 8.65. The molecule has 1 heterocycles. The molecule has 0 bridgehead atoms. The first-order chi connectivity index (χ1) is 12.6. The van der Waals surface area contributed by atoms with E-state index in [2.05, 4.69) is 0 Å². The van der Waals surface area contributed by atoms with Crippen LogP contribution in [0.2, 0.25) is 0 Å². The molecule has 0 aliphatic carbocycles. The summed E-state index contributed by atoms with van der Waals surface area (Å²) in [5.41, 5.74) is 0. The summed E-state index contributed by atoms with van der Waals surface area (Å²) in [6, 6.07) is 0. The molecule has 0 amide bonds. The second-order valence-corrected chi connectivity index (χ2v) is 7.84. The van der Waals surface area contributed by atoms with E-state index in [0.29, 0.717) is 6.42 Å². The average Bonchev–Trinajstić information content (AvgIpc) is 2.59. The van der Waals surface area contributed by atoms with Crippen molar-refractivity contribution in [1.29, 1.82) is 0 Å². The normalized spacial score (nSPS) is 30.1. The number of hydrogen-bond acceptors (Lipinski definition) is 10. The highest BCUT2D eigenvalue weighted by atomic mass is 32.2. The minimum absolute atomic E-state index is 0.204. The number of hydrogen-bond donors (Lipinski definition) is 5. The molecule has 0 saturated carbocycles. The van der Waals surface area contributed by atoms with Gasteiger partial charge in [0, 0.05) is 6.42 Å². The summed E-state index contributed by atoms with van der Waals surface area (Å²) in [5, 5.41) is 38.9. The molecule has 11 nitrogen and oxygen atoms in total. The Balaban J connectivity index is 2.62. The third-order valence-electron chi connectivity index (χ3n) is 3.99. The Morgan fingerprint density at radius 3 is 2.37 bits per heavy atom. The summed E-state index contributed by atoms with van der Waals surface area (Å²) >= 11 is 0. The van der Waals surface area contributed by atoms with E-state index < -0.39 is 65.3 Å². The van der Waals surface area contributed by atoms with Crippen LogP contribution in [0.15, 0.2) is 0 Å². The lowest BCUT2D eigenvalue weighted by Gasteiger charge is -2.40. The number of rotatable bonds is 11. The fourth-order valence-corrected chi connectivity index (χ4v) is 3.17. The fraction of sp³-hybridized carbons (Fsp3) is 0.933. The number of carbonyl (C=O) groups is 1. The largest absolute Gasteiger partial charge is 0.463 e. The standard InChI is InChI=1S/C15H28O11S/c1-2-3-4-5-11(17)24-7-9(6-16)25-15-14(20)13(19)12(18)10(26-15)8-27(21,22)23/h9-10,12-16,18-20H,2-8H2,1H3,(H,21,22,23)/t9?,10-,12-,13+,14-,15-/m1/s1. The first kappa shape index (κ1) is 24.2. The summed E-state index contributed by atoms with van der Waals surface area (Å²) in [5.74, 6) is -1.52. The lowest BCUT2D eigenvalue weighted by Crippen LogP contribution is -2.60. The van der Waals surface area contributed by atoms with Crippen LogP contribution in [0.4, 0.5) is 0 Å². The van der Waals surface area contributed by atoms with Gasteiger partial charge in [-0.25, -0.2) is 0 Å². The van der Waals surface area contributed by atoms with Crippen LogP contribution in [0.25, 0.3) is 0 Å². The molecule has 1 aliphatic heterocycles. The zero-order chi connectivity index (χ0) is 20.6. The Morgan fingerprint density at radius 2 is 1.81 bits per heavy atom. The molecule has 0 aromatic carbocycles. The summed E-state index contributed by atoms with van der Waals surface area (Å²) in [7, 11) is -4.54. The minimum Gasteiger partial charge on any atom is -0.463 e. The molecule has 1 aliphatic rings. The van der Waals surface area contributed by atoms with Crippen molar-refractivity contribution in [1.82, 2.24) is 0 Å². The number of ether oxygens (including phenoxy) is 3. The van der Waals surface area contributed by atoms with Gasteiger partial charge in [0.05, 0.1) is 6.61 Å². The molecule has 0 aromatic heterocycles. The Labute approximate surface area is 157 Å². The van der Waals surface area contributed by atoms with Crippen molar-refractivity contribution >= 4 is 16.1 Å². The Kier molecular flexibility index (Phi) is 10.0. The number of unbranched alkanes of at least 4 members (excludes halogenated alkanes) is 2. The van der Waals surface area contributed by atoms with E-state index in [1.165, 1.54) is 0 Å². The molecule has 27 heavy (non-hydrogen) atoms. The highest BCUT2D eigenvalue weighted by Gasteiger charge is 2.46. The van der Waals surface area contributed by atoms with Crippen LogP contribution < -0.4 is 0 Å². The molecular weight excluding hydrogens is 388 g/mol. The molecule has 0 spiro atoms. The summed E-state index contributed by atoms with van der Waals surface area (Å²) < 4.78 is 46.2. The Hall–Kier alpha value is -0.860. The predicted octanol–water partition coefficient (Wildman–Crippen LogP) is -1.82. The topological polar surface area (TPSA) is 180 Å². The monoisotopic (exact) mass is 416 g/mol.